The zero-order valence-corrected chi connectivity index (χ0v) is 31.9. The van der Waals surface area contributed by atoms with E-state index in [1.807, 2.05) is 42.7 Å². The molecule has 4 aromatic carbocycles. The van der Waals surface area contributed by atoms with Crippen molar-refractivity contribution in [3.05, 3.63) is 144 Å². The topological polar surface area (TPSA) is 38.9 Å². The fraction of sp³-hybridized carbons (Fsp3) is 0.244. The molecule has 0 saturated carbocycles. The van der Waals surface area contributed by atoms with Gasteiger partial charge in [-0.3, -0.25) is 0 Å². The number of furan rings is 1. The van der Waals surface area contributed by atoms with Gasteiger partial charge in [0.15, 0.2) is 0 Å². The Hall–Kier alpha value is -4.37. The molecule has 7 aromatic rings. The van der Waals surface area contributed by atoms with E-state index in [4.69, 9.17) is 9.40 Å². The molecule has 49 heavy (non-hydrogen) atoms. The maximum atomic E-state index is 6.09. The minimum Gasteiger partial charge on any atom is -0.501 e. The van der Waals surface area contributed by atoms with Crippen molar-refractivity contribution < 1.29 is 24.5 Å². The van der Waals surface area contributed by atoms with Gasteiger partial charge in [0, 0.05) is 37.9 Å². The molecule has 0 amide bonds. The minimum atomic E-state index is -0.0432. The van der Waals surface area contributed by atoms with E-state index < -0.39 is 0 Å². The Balaban J connectivity index is 0.000000167. The van der Waals surface area contributed by atoms with Gasteiger partial charge in [0.05, 0.1) is 5.58 Å². The Labute approximate surface area is 304 Å². The Morgan fingerprint density at radius 2 is 1.18 bits per heavy atom. The van der Waals surface area contributed by atoms with Crippen LogP contribution in [0.2, 0.25) is 0 Å². The van der Waals surface area contributed by atoms with Crippen molar-refractivity contribution >= 4 is 21.9 Å². The number of nitrogens with zero attached hydrogens (tertiary/aromatic N) is 2. The van der Waals surface area contributed by atoms with Crippen molar-refractivity contribution in [3.8, 4) is 33.6 Å². The van der Waals surface area contributed by atoms with Crippen molar-refractivity contribution in [2.75, 3.05) is 0 Å². The molecular weight excluding hydrogens is 777 g/mol. The Bertz CT molecular complexity index is 2300. The number of hydrogen-bond acceptors (Lipinski definition) is 3. The first kappa shape index (κ1) is 34.5. The van der Waals surface area contributed by atoms with E-state index in [2.05, 4.69) is 139 Å². The summed E-state index contributed by atoms with van der Waals surface area (Å²) in [7, 11) is 0. The fourth-order valence-electron chi connectivity index (χ4n) is 6.92. The monoisotopic (exact) mass is 819 g/mol. The van der Waals surface area contributed by atoms with E-state index in [0.29, 0.717) is 0 Å². The van der Waals surface area contributed by atoms with Crippen LogP contribution in [0.15, 0.2) is 114 Å². The predicted octanol–water partition coefficient (Wildman–Crippen LogP) is 11.9. The first-order valence-electron chi connectivity index (χ1n) is 16.7. The molecular formula is C45H42IrN2O-2. The molecule has 8 rings (SSSR count). The molecule has 0 spiro atoms. The summed E-state index contributed by atoms with van der Waals surface area (Å²) in [5.74, 6) is 0. The molecule has 3 heterocycles. The van der Waals surface area contributed by atoms with E-state index in [1.165, 1.54) is 33.4 Å². The van der Waals surface area contributed by atoms with Gasteiger partial charge in [-0.2, -0.15) is 0 Å². The summed E-state index contributed by atoms with van der Waals surface area (Å²) in [6.45, 7) is 18.0. The molecule has 3 nitrogen and oxygen atoms in total. The van der Waals surface area contributed by atoms with Gasteiger partial charge < -0.3 is 14.4 Å². The van der Waals surface area contributed by atoms with Crippen LogP contribution in [0.1, 0.15) is 77.6 Å². The van der Waals surface area contributed by atoms with Crippen LogP contribution in [-0.2, 0) is 36.4 Å². The molecule has 0 atom stereocenters. The molecule has 0 N–H and O–H groups in total. The Kier molecular flexibility index (Phi) is 9.03. The molecule has 0 fully saturated rings. The van der Waals surface area contributed by atoms with E-state index in [1.54, 1.807) is 0 Å². The van der Waals surface area contributed by atoms with Gasteiger partial charge in [-0.15, -0.1) is 47.5 Å². The first-order chi connectivity index (χ1) is 22.8. The molecule has 0 unspecified atom stereocenters. The average Bonchev–Trinajstić information content (AvgIpc) is 3.57. The van der Waals surface area contributed by atoms with E-state index in [-0.39, 0.29) is 36.4 Å². The quantitative estimate of drug-likeness (QED) is 0.163. The minimum absolute atomic E-state index is 0. The number of para-hydroxylation sites is 1. The molecule has 1 aliphatic rings. The van der Waals surface area contributed by atoms with E-state index in [0.717, 1.165) is 44.5 Å². The number of rotatable bonds is 2. The van der Waals surface area contributed by atoms with Crippen LogP contribution >= 0.6 is 0 Å². The van der Waals surface area contributed by atoms with Gasteiger partial charge in [-0.05, 0) is 68.1 Å². The molecule has 0 saturated heterocycles. The van der Waals surface area contributed by atoms with Crippen molar-refractivity contribution in [2.45, 2.75) is 71.6 Å². The van der Waals surface area contributed by atoms with Crippen LogP contribution in [0, 0.1) is 12.1 Å². The van der Waals surface area contributed by atoms with Crippen LogP contribution < -0.4 is 0 Å². The van der Waals surface area contributed by atoms with Crippen molar-refractivity contribution in [3.63, 3.8) is 0 Å². The molecule has 0 bridgehead atoms. The predicted molar refractivity (Wildman–Crippen MR) is 199 cm³/mol. The second kappa shape index (κ2) is 12.8. The molecule has 1 aliphatic carbocycles. The van der Waals surface area contributed by atoms with Crippen LogP contribution in [0.5, 0.6) is 0 Å². The number of benzene rings is 4. The zero-order valence-electron chi connectivity index (χ0n) is 29.5. The molecule has 0 aliphatic heterocycles. The van der Waals surface area contributed by atoms with Crippen molar-refractivity contribution in [2.24, 2.45) is 0 Å². The number of pyridine rings is 2. The summed E-state index contributed by atoms with van der Waals surface area (Å²) in [5, 5.41) is 2.24. The zero-order chi connectivity index (χ0) is 33.8. The van der Waals surface area contributed by atoms with Crippen LogP contribution in [-0.4, -0.2) is 9.97 Å². The number of fused-ring (bicyclic) bond motifs is 6. The summed E-state index contributed by atoms with van der Waals surface area (Å²) in [5.41, 5.74) is 13.8. The maximum absolute atomic E-state index is 6.09. The third-order valence-corrected chi connectivity index (χ3v) is 9.62. The van der Waals surface area contributed by atoms with E-state index in [9.17, 15) is 0 Å². The van der Waals surface area contributed by atoms with Gasteiger partial charge in [0.2, 0.25) is 0 Å². The Morgan fingerprint density at radius 1 is 0.612 bits per heavy atom. The standard InChI is InChI=1S/C24H24N.C21H18NO.Ir/c1-23(2,3)16-13-14-25-21(15-16)19-11-8-10-18-17-9-6-7-12-20(17)24(4,5)22(18)19;1-21(2,3)14-11-12-22-18(13-14)17-9-6-8-16-15-7-4-5-10-19(15)23-20(16)17;/h6-10,12-15H,1-5H3;4-8,10-13H,1-3H3;/q2*-1;. The second-order valence-corrected chi connectivity index (χ2v) is 15.4. The summed E-state index contributed by atoms with van der Waals surface area (Å²) >= 11 is 0. The summed E-state index contributed by atoms with van der Waals surface area (Å²) in [4.78, 5) is 9.25. The molecule has 4 heteroatoms. The average molecular weight is 819 g/mol. The van der Waals surface area contributed by atoms with Crippen molar-refractivity contribution in [1.82, 2.24) is 9.97 Å². The first-order valence-corrected chi connectivity index (χ1v) is 16.7. The normalized spacial score (nSPS) is 13.3. The fourth-order valence-corrected chi connectivity index (χ4v) is 6.92. The maximum Gasteiger partial charge on any atom is 0.120 e. The third kappa shape index (κ3) is 6.29. The van der Waals surface area contributed by atoms with E-state index >= 15 is 0 Å². The van der Waals surface area contributed by atoms with Crippen LogP contribution in [0.4, 0.5) is 0 Å². The Morgan fingerprint density at radius 3 is 1.86 bits per heavy atom. The molecule has 1 radical (unpaired) electrons. The summed E-state index contributed by atoms with van der Waals surface area (Å²) in [6, 6.07) is 40.4. The largest absolute Gasteiger partial charge is 0.501 e. The number of hydrogen-bond donors (Lipinski definition) is 0. The van der Waals surface area contributed by atoms with Crippen LogP contribution in [0.25, 0.3) is 55.6 Å². The van der Waals surface area contributed by atoms with Crippen molar-refractivity contribution in [1.29, 1.82) is 0 Å². The summed E-state index contributed by atoms with van der Waals surface area (Å²) in [6.07, 6.45) is 3.80. The summed E-state index contributed by atoms with van der Waals surface area (Å²) < 4.78 is 6.09. The van der Waals surface area contributed by atoms with Gasteiger partial charge in [-0.25, -0.2) is 0 Å². The van der Waals surface area contributed by atoms with Gasteiger partial charge in [0.1, 0.15) is 5.58 Å². The second-order valence-electron chi connectivity index (χ2n) is 15.4. The molecule has 3 aromatic heterocycles. The number of aromatic nitrogens is 2. The van der Waals surface area contributed by atoms with Crippen LogP contribution in [0.3, 0.4) is 0 Å². The third-order valence-electron chi connectivity index (χ3n) is 9.62. The SMILES string of the molecule is CC(C)(C)c1ccnc(-c2[c-]ccc3c2C(C)(C)c2ccccc2-3)c1.CC(C)(C)c1ccnc(-c2[c-]ccc3c2oc2ccccc23)c1.[Ir]. The molecule has 249 valence electrons. The van der Waals surface area contributed by atoms with Gasteiger partial charge >= 0.3 is 0 Å². The van der Waals surface area contributed by atoms with Gasteiger partial charge in [0.25, 0.3) is 0 Å². The smallest absolute Gasteiger partial charge is 0.120 e. The van der Waals surface area contributed by atoms with Gasteiger partial charge in [-0.1, -0.05) is 127 Å².